The van der Waals surface area contributed by atoms with Crippen molar-refractivity contribution in [1.82, 2.24) is 15.0 Å². The fraction of sp³-hybridized carbons (Fsp3) is 0.143. The van der Waals surface area contributed by atoms with Crippen LogP contribution in [0, 0.1) is 0 Å². The van der Waals surface area contributed by atoms with Crippen LogP contribution in [0.15, 0.2) is 58.0 Å². The molecule has 0 amide bonds. The van der Waals surface area contributed by atoms with Crippen molar-refractivity contribution in [3.05, 3.63) is 48.7 Å². The number of imidazole rings is 1. The lowest BCUT2D eigenvalue weighted by Crippen LogP contribution is -2.06. The fourth-order valence-corrected chi connectivity index (χ4v) is 4.39. The third-order valence-electron chi connectivity index (χ3n) is 2.91. The fourth-order valence-electron chi connectivity index (χ4n) is 1.83. The molecular weight excluding hydrogens is 287 g/mol. The van der Waals surface area contributed by atoms with E-state index in [9.17, 15) is 0 Å². The molecule has 0 atom stereocenters. The van der Waals surface area contributed by atoms with Crippen LogP contribution in [-0.2, 0) is 0 Å². The summed E-state index contributed by atoms with van der Waals surface area (Å²) in [6.07, 6.45) is 1.82. The van der Waals surface area contributed by atoms with Gasteiger partial charge in [0.05, 0.1) is 16.5 Å². The summed E-state index contributed by atoms with van der Waals surface area (Å²) in [7, 11) is -1.59. The number of hydrogen-bond donors (Lipinski definition) is 1. The molecule has 1 N–H and O–H groups in total. The van der Waals surface area contributed by atoms with Gasteiger partial charge < -0.3 is 4.98 Å². The molecule has 0 aliphatic rings. The zero-order valence-corrected chi connectivity index (χ0v) is 13.0. The molecule has 20 heavy (non-hydrogen) atoms. The lowest BCUT2D eigenvalue weighted by Gasteiger charge is -2.11. The minimum atomic E-state index is -1.59. The van der Waals surface area contributed by atoms with Crippen LogP contribution in [0.1, 0.15) is 0 Å². The van der Waals surface area contributed by atoms with Crippen molar-refractivity contribution < 1.29 is 0 Å². The largest absolute Gasteiger partial charge is 0.331 e. The Morgan fingerprint density at radius 3 is 2.65 bits per heavy atom. The van der Waals surface area contributed by atoms with Crippen molar-refractivity contribution in [3.8, 4) is 0 Å². The van der Waals surface area contributed by atoms with E-state index in [0.717, 1.165) is 21.6 Å². The first-order valence-corrected chi connectivity index (χ1v) is 9.66. The average molecular weight is 302 g/mol. The highest BCUT2D eigenvalue weighted by Crippen LogP contribution is 2.43. The zero-order valence-electron chi connectivity index (χ0n) is 11.3. The van der Waals surface area contributed by atoms with E-state index in [1.807, 2.05) is 48.7 Å². The first-order valence-electron chi connectivity index (χ1n) is 6.25. The maximum absolute atomic E-state index is 4.76. The van der Waals surface area contributed by atoms with Gasteiger partial charge >= 0.3 is 0 Å². The van der Waals surface area contributed by atoms with E-state index in [4.69, 9.17) is 4.15 Å². The Kier molecular flexibility index (Phi) is 3.64. The first kappa shape index (κ1) is 13.4. The molecule has 2 aromatic heterocycles. The van der Waals surface area contributed by atoms with Crippen LogP contribution in [0.4, 0.5) is 0 Å². The molecule has 3 aromatic rings. The molecule has 0 aliphatic carbocycles. The molecule has 0 aliphatic heterocycles. The van der Waals surface area contributed by atoms with Crippen molar-refractivity contribution in [1.29, 1.82) is 0 Å². The number of benzene rings is 1. The van der Waals surface area contributed by atoms with E-state index in [0.29, 0.717) is 0 Å². The SMILES string of the molecule is CP(C)(=NSc1nc2ccccc2[nH]1)c1ccccn1. The number of H-pyrrole nitrogens is 1. The molecule has 0 saturated carbocycles. The predicted molar refractivity (Wildman–Crippen MR) is 87.0 cm³/mol. The summed E-state index contributed by atoms with van der Waals surface area (Å²) in [5, 5.41) is 0.829. The molecular formula is C14H15N4PS. The van der Waals surface area contributed by atoms with Gasteiger partial charge in [-0.25, -0.2) is 9.13 Å². The van der Waals surface area contributed by atoms with Gasteiger partial charge in [-0.05, 0) is 37.6 Å². The molecule has 1 aromatic carbocycles. The number of fused-ring (bicyclic) bond motifs is 1. The predicted octanol–water partition coefficient (Wildman–Crippen LogP) is 3.75. The molecule has 0 fully saturated rings. The highest BCUT2D eigenvalue weighted by molar-refractivity contribution is 8.01. The maximum Gasteiger partial charge on any atom is 0.189 e. The first-order chi connectivity index (χ1) is 9.65. The Bertz CT molecular complexity index is 743. The number of rotatable bonds is 3. The topological polar surface area (TPSA) is 53.9 Å². The summed E-state index contributed by atoms with van der Waals surface area (Å²) < 4.78 is 4.76. The van der Waals surface area contributed by atoms with Crippen LogP contribution < -0.4 is 5.44 Å². The average Bonchev–Trinajstić information content (AvgIpc) is 2.89. The standard InChI is InChI=1S/C14H15N4PS/c1-19(2,13-9-5-6-10-15-13)18-20-14-16-11-7-3-4-8-12(11)17-14/h3-10H,1-2H3,(H,16,17). The van der Waals surface area contributed by atoms with Gasteiger partial charge in [-0.1, -0.05) is 18.2 Å². The minimum absolute atomic E-state index is 0.829. The quantitative estimate of drug-likeness (QED) is 0.592. The van der Waals surface area contributed by atoms with Gasteiger partial charge in [0.1, 0.15) is 0 Å². The molecule has 0 saturated heterocycles. The molecule has 4 nitrogen and oxygen atoms in total. The van der Waals surface area contributed by atoms with E-state index < -0.39 is 7.05 Å². The highest BCUT2D eigenvalue weighted by atomic mass is 32.2. The van der Waals surface area contributed by atoms with Crippen molar-refractivity contribution in [2.24, 2.45) is 4.15 Å². The number of nitrogens with one attached hydrogen (secondary N) is 1. The molecule has 6 heteroatoms. The summed E-state index contributed by atoms with van der Waals surface area (Å²) in [5.74, 6) is 0. The van der Waals surface area contributed by atoms with Crippen LogP contribution in [0.2, 0.25) is 0 Å². The Morgan fingerprint density at radius 2 is 1.90 bits per heavy atom. The second-order valence-electron chi connectivity index (χ2n) is 4.81. The third-order valence-corrected chi connectivity index (χ3v) is 6.62. The smallest absolute Gasteiger partial charge is 0.189 e. The van der Waals surface area contributed by atoms with E-state index in [-0.39, 0.29) is 0 Å². The Balaban J connectivity index is 1.89. The van der Waals surface area contributed by atoms with Crippen molar-refractivity contribution in [3.63, 3.8) is 0 Å². The lowest BCUT2D eigenvalue weighted by molar-refractivity contribution is 1.08. The van der Waals surface area contributed by atoms with Crippen molar-refractivity contribution in [2.75, 3.05) is 13.3 Å². The molecule has 0 spiro atoms. The van der Waals surface area contributed by atoms with Crippen LogP contribution in [0.3, 0.4) is 0 Å². The molecule has 0 radical (unpaired) electrons. The Labute approximate surface area is 122 Å². The number of hydrogen-bond acceptors (Lipinski definition) is 4. The van der Waals surface area contributed by atoms with Gasteiger partial charge in [0.15, 0.2) is 5.16 Å². The molecule has 3 rings (SSSR count). The molecule has 0 unspecified atom stereocenters. The van der Waals surface area contributed by atoms with Crippen molar-refractivity contribution >= 4 is 35.5 Å². The Morgan fingerprint density at radius 1 is 1.10 bits per heavy atom. The summed E-state index contributed by atoms with van der Waals surface area (Å²) in [4.78, 5) is 12.2. The third kappa shape index (κ3) is 2.79. The minimum Gasteiger partial charge on any atom is -0.331 e. The van der Waals surface area contributed by atoms with E-state index >= 15 is 0 Å². The van der Waals surface area contributed by atoms with Gasteiger partial charge in [-0.15, -0.1) is 0 Å². The summed E-state index contributed by atoms with van der Waals surface area (Å²) >= 11 is 1.42. The lowest BCUT2D eigenvalue weighted by atomic mass is 10.3. The molecule has 102 valence electrons. The molecule has 0 bridgehead atoms. The van der Waals surface area contributed by atoms with Gasteiger partial charge in [0.25, 0.3) is 0 Å². The van der Waals surface area contributed by atoms with E-state index in [1.54, 1.807) is 0 Å². The molecule has 2 heterocycles. The summed E-state index contributed by atoms with van der Waals surface area (Å²) in [5.41, 5.74) is 3.07. The number of para-hydroxylation sites is 2. The second kappa shape index (κ2) is 5.43. The second-order valence-corrected chi connectivity index (χ2v) is 9.28. The normalized spacial score (nSPS) is 11.7. The summed E-state index contributed by atoms with van der Waals surface area (Å²) in [6, 6.07) is 14.0. The van der Waals surface area contributed by atoms with Crippen molar-refractivity contribution in [2.45, 2.75) is 5.16 Å². The Hall–Kier alpha value is -1.58. The highest BCUT2D eigenvalue weighted by Gasteiger charge is 2.11. The number of pyridine rings is 1. The zero-order chi connectivity index (χ0) is 14.0. The van der Waals surface area contributed by atoms with Crippen LogP contribution in [0.25, 0.3) is 11.0 Å². The number of nitrogens with zero attached hydrogens (tertiary/aromatic N) is 3. The monoisotopic (exact) mass is 302 g/mol. The van der Waals surface area contributed by atoms with Crippen LogP contribution >= 0.6 is 19.0 Å². The van der Waals surface area contributed by atoms with Gasteiger partial charge in [-0.2, -0.15) is 0 Å². The van der Waals surface area contributed by atoms with Gasteiger partial charge in [-0.3, -0.25) is 4.98 Å². The number of aromatic nitrogens is 3. The number of aromatic amines is 1. The van der Waals surface area contributed by atoms with Gasteiger partial charge in [0, 0.05) is 25.2 Å². The van der Waals surface area contributed by atoms with E-state index in [1.165, 1.54) is 11.9 Å². The maximum atomic E-state index is 4.76. The van der Waals surface area contributed by atoms with Gasteiger partial charge in [0.2, 0.25) is 0 Å². The van der Waals surface area contributed by atoms with E-state index in [2.05, 4.69) is 28.3 Å². The van der Waals surface area contributed by atoms with Crippen LogP contribution in [0.5, 0.6) is 0 Å². The summed E-state index contributed by atoms with van der Waals surface area (Å²) in [6.45, 7) is 4.32. The van der Waals surface area contributed by atoms with Crippen LogP contribution in [-0.4, -0.2) is 28.3 Å².